The zero-order valence-corrected chi connectivity index (χ0v) is 8.84. The van der Waals surface area contributed by atoms with Crippen molar-refractivity contribution in [3.8, 4) is 0 Å². The maximum Gasteiger partial charge on any atom is 0.331 e. The Morgan fingerprint density at radius 1 is 1.71 bits per heavy atom. The molecule has 0 spiro atoms. The van der Waals surface area contributed by atoms with Crippen LogP contribution in [0.3, 0.4) is 0 Å². The van der Waals surface area contributed by atoms with Crippen LogP contribution >= 0.6 is 11.3 Å². The standard InChI is InChI=1S/C11H12O2S/c1-9(2)8-13-11(12)6-5-10-4-3-7-14-10/h3-7H,1,8H2,2H3/b6-5+. The van der Waals surface area contributed by atoms with Gasteiger partial charge in [-0.3, -0.25) is 0 Å². The Kier molecular flexibility index (Phi) is 4.13. The molecule has 1 aromatic rings. The molecule has 2 nitrogen and oxygen atoms in total. The molecule has 74 valence electrons. The molecule has 0 atom stereocenters. The van der Waals surface area contributed by atoms with Gasteiger partial charge in [-0.15, -0.1) is 11.3 Å². The van der Waals surface area contributed by atoms with E-state index in [0.717, 1.165) is 10.5 Å². The molecule has 0 saturated carbocycles. The molecule has 0 saturated heterocycles. The van der Waals surface area contributed by atoms with Crippen molar-refractivity contribution in [1.82, 2.24) is 0 Å². The number of carbonyl (C=O) groups excluding carboxylic acids is 1. The highest BCUT2D eigenvalue weighted by atomic mass is 32.1. The fourth-order valence-electron chi connectivity index (χ4n) is 0.779. The summed E-state index contributed by atoms with van der Waals surface area (Å²) in [6.45, 7) is 5.74. The number of thiophene rings is 1. The Hall–Kier alpha value is -1.35. The van der Waals surface area contributed by atoms with E-state index >= 15 is 0 Å². The molecule has 0 fully saturated rings. The van der Waals surface area contributed by atoms with E-state index in [2.05, 4.69) is 6.58 Å². The first-order valence-corrected chi connectivity index (χ1v) is 5.09. The molecule has 14 heavy (non-hydrogen) atoms. The van der Waals surface area contributed by atoms with Crippen molar-refractivity contribution in [2.75, 3.05) is 6.61 Å². The summed E-state index contributed by atoms with van der Waals surface area (Å²) in [7, 11) is 0. The Balaban J connectivity index is 2.37. The van der Waals surface area contributed by atoms with Crippen molar-refractivity contribution in [1.29, 1.82) is 0 Å². The maximum absolute atomic E-state index is 11.1. The van der Waals surface area contributed by atoms with E-state index in [1.165, 1.54) is 6.08 Å². The number of hydrogen-bond acceptors (Lipinski definition) is 3. The van der Waals surface area contributed by atoms with E-state index in [0.29, 0.717) is 0 Å². The minimum absolute atomic E-state index is 0.285. The molecular weight excluding hydrogens is 196 g/mol. The second-order valence-electron chi connectivity index (χ2n) is 2.91. The average molecular weight is 208 g/mol. The van der Waals surface area contributed by atoms with Crippen molar-refractivity contribution in [3.05, 3.63) is 40.6 Å². The summed E-state index contributed by atoms with van der Waals surface area (Å²) in [6, 6.07) is 3.87. The zero-order valence-electron chi connectivity index (χ0n) is 8.03. The lowest BCUT2D eigenvalue weighted by Crippen LogP contribution is -2.02. The maximum atomic E-state index is 11.1. The van der Waals surface area contributed by atoms with Gasteiger partial charge in [0.05, 0.1) is 0 Å². The first-order valence-electron chi connectivity index (χ1n) is 4.21. The van der Waals surface area contributed by atoms with E-state index in [1.807, 2.05) is 24.4 Å². The Bertz CT molecular complexity index is 336. The zero-order chi connectivity index (χ0) is 10.4. The molecule has 0 aliphatic heterocycles. The van der Waals surface area contributed by atoms with E-state index in [4.69, 9.17) is 4.74 Å². The van der Waals surface area contributed by atoms with E-state index in [1.54, 1.807) is 17.4 Å². The third-order valence-corrected chi connectivity index (χ3v) is 2.23. The van der Waals surface area contributed by atoms with E-state index in [9.17, 15) is 4.79 Å². The van der Waals surface area contributed by atoms with Gasteiger partial charge in [0.1, 0.15) is 6.61 Å². The highest BCUT2D eigenvalue weighted by Gasteiger charge is 1.96. The van der Waals surface area contributed by atoms with Gasteiger partial charge in [-0.25, -0.2) is 4.79 Å². The third kappa shape index (κ3) is 4.05. The van der Waals surface area contributed by atoms with Crippen LogP contribution < -0.4 is 0 Å². The Labute approximate surface area is 87.5 Å². The predicted octanol–water partition coefficient (Wildman–Crippen LogP) is 2.88. The molecular formula is C11H12O2S. The summed E-state index contributed by atoms with van der Waals surface area (Å²) in [5.74, 6) is -0.332. The van der Waals surface area contributed by atoms with Crippen LogP contribution in [-0.2, 0) is 9.53 Å². The first-order chi connectivity index (χ1) is 6.68. The van der Waals surface area contributed by atoms with Crippen LogP contribution in [0.25, 0.3) is 6.08 Å². The molecule has 1 rings (SSSR count). The molecule has 1 heterocycles. The van der Waals surface area contributed by atoms with Crippen molar-refractivity contribution < 1.29 is 9.53 Å². The average Bonchev–Trinajstić information content (AvgIpc) is 2.63. The molecule has 0 unspecified atom stereocenters. The number of rotatable bonds is 4. The van der Waals surface area contributed by atoms with Gasteiger partial charge in [-0.05, 0) is 30.0 Å². The van der Waals surface area contributed by atoms with Gasteiger partial charge in [0.15, 0.2) is 0 Å². The SMILES string of the molecule is C=C(C)COC(=O)/C=C/c1cccs1. The molecule has 0 aromatic carbocycles. The van der Waals surface area contributed by atoms with Gasteiger partial charge in [0.25, 0.3) is 0 Å². The number of ether oxygens (including phenoxy) is 1. The van der Waals surface area contributed by atoms with Gasteiger partial charge >= 0.3 is 5.97 Å². The molecule has 3 heteroatoms. The second kappa shape index (κ2) is 5.40. The van der Waals surface area contributed by atoms with Crippen LogP contribution in [-0.4, -0.2) is 12.6 Å². The van der Waals surface area contributed by atoms with Gasteiger partial charge in [0.2, 0.25) is 0 Å². The fraction of sp³-hybridized carbons (Fsp3) is 0.182. The monoisotopic (exact) mass is 208 g/mol. The van der Waals surface area contributed by atoms with Crippen molar-refractivity contribution in [3.63, 3.8) is 0 Å². The van der Waals surface area contributed by atoms with Crippen molar-refractivity contribution >= 4 is 23.4 Å². The van der Waals surface area contributed by atoms with Crippen LogP contribution in [0.2, 0.25) is 0 Å². The van der Waals surface area contributed by atoms with E-state index in [-0.39, 0.29) is 12.6 Å². The number of esters is 1. The summed E-state index contributed by atoms with van der Waals surface area (Å²) in [4.78, 5) is 12.1. The summed E-state index contributed by atoms with van der Waals surface area (Å²) in [5, 5.41) is 1.96. The Morgan fingerprint density at radius 2 is 2.50 bits per heavy atom. The molecule has 0 bridgehead atoms. The topological polar surface area (TPSA) is 26.3 Å². The van der Waals surface area contributed by atoms with Crippen molar-refractivity contribution in [2.24, 2.45) is 0 Å². The minimum Gasteiger partial charge on any atom is -0.458 e. The smallest absolute Gasteiger partial charge is 0.331 e. The first kappa shape index (κ1) is 10.7. The molecule has 0 amide bonds. The third-order valence-electron chi connectivity index (χ3n) is 1.39. The quantitative estimate of drug-likeness (QED) is 0.432. The summed E-state index contributed by atoms with van der Waals surface area (Å²) < 4.78 is 4.88. The summed E-state index contributed by atoms with van der Waals surface area (Å²) in [6.07, 6.45) is 3.17. The van der Waals surface area contributed by atoms with Gasteiger partial charge < -0.3 is 4.74 Å². The highest BCUT2D eigenvalue weighted by Crippen LogP contribution is 2.10. The van der Waals surface area contributed by atoms with Crippen LogP contribution in [0.15, 0.2) is 35.7 Å². The van der Waals surface area contributed by atoms with Crippen LogP contribution in [0.5, 0.6) is 0 Å². The fourth-order valence-corrected chi connectivity index (χ4v) is 1.40. The molecule has 0 radical (unpaired) electrons. The molecule has 1 aromatic heterocycles. The highest BCUT2D eigenvalue weighted by molar-refractivity contribution is 7.10. The molecule has 0 aliphatic rings. The summed E-state index contributed by atoms with van der Waals surface area (Å²) in [5.41, 5.74) is 0.836. The normalized spacial score (nSPS) is 10.4. The molecule has 0 aliphatic carbocycles. The molecule has 0 N–H and O–H groups in total. The lowest BCUT2D eigenvalue weighted by atomic mass is 10.4. The predicted molar refractivity (Wildman–Crippen MR) is 59.1 cm³/mol. The lowest BCUT2D eigenvalue weighted by molar-refractivity contribution is -0.136. The lowest BCUT2D eigenvalue weighted by Gasteiger charge is -1.98. The van der Waals surface area contributed by atoms with Crippen LogP contribution in [0.4, 0.5) is 0 Å². The van der Waals surface area contributed by atoms with E-state index < -0.39 is 0 Å². The largest absolute Gasteiger partial charge is 0.458 e. The number of hydrogen-bond donors (Lipinski definition) is 0. The summed E-state index contributed by atoms with van der Waals surface area (Å²) >= 11 is 1.58. The Morgan fingerprint density at radius 3 is 3.07 bits per heavy atom. The van der Waals surface area contributed by atoms with Crippen molar-refractivity contribution in [2.45, 2.75) is 6.92 Å². The second-order valence-corrected chi connectivity index (χ2v) is 3.89. The van der Waals surface area contributed by atoms with Gasteiger partial charge in [0, 0.05) is 11.0 Å². The van der Waals surface area contributed by atoms with Gasteiger partial charge in [-0.1, -0.05) is 12.6 Å². The van der Waals surface area contributed by atoms with Crippen LogP contribution in [0, 0.1) is 0 Å². The van der Waals surface area contributed by atoms with Crippen LogP contribution in [0.1, 0.15) is 11.8 Å². The van der Waals surface area contributed by atoms with Gasteiger partial charge in [-0.2, -0.15) is 0 Å². The number of carbonyl (C=O) groups is 1. The minimum atomic E-state index is -0.332.